The standard InChI is InChI=1S/C26H28N2O3/c1-19(22-11-7-4-8-12-22)27-26(30)24(17-20-9-5-3-6-10-20)28-25(29)18-21-13-15-23(31-2)16-14-21/h3-16,19,24H,17-18H2,1-2H3,(H,27,30)(H,28,29)/t19-,24+/m0/s1. The molecule has 2 amide bonds. The Morgan fingerprint density at radius 1 is 0.806 bits per heavy atom. The van der Waals surface area contributed by atoms with Crippen molar-refractivity contribution in [1.29, 1.82) is 0 Å². The first-order valence-corrected chi connectivity index (χ1v) is 10.4. The molecule has 0 aliphatic carbocycles. The third-order valence-corrected chi connectivity index (χ3v) is 5.12. The Hall–Kier alpha value is -3.60. The third kappa shape index (κ3) is 6.71. The molecule has 3 rings (SSSR count). The number of amides is 2. The molecule has 0 aromatic heterocycles. The van der Waals surface area contributed by atoms with E-state index in [-0.39, 0.29) is 24.3 Å². The summed E-state index contributed by atoms with van der Waals surface area (Å²) >= 11 is 0. The first-order chi connectivity index (χ1) is 15.0. The van der Waals surface area contributed by atoms with Gasteiger partial charge in [-0.1, -0.05) is 72.8 Å². The van der Waals surface area contributed by atoms with E-state index in [9.17, 15) is 9.59 Å². The number of benzene rings is 3. The Balaban J connectivity index is 1.69. The number of carbonyl (C=O) groups is 2. The molecule has 5 heteroatoms. The molecule has 0 bridgehead atoms. The van der Waals surface area contributed by atoms with Crippen LogP contribution in [0.2, 0.25) is 0 Å². The van der Waals surface area contributed by atoms with Gasteiger partial charge >= 0.3 is 0 Å². The van der Waals surface area contributed by atoms with Crippen molar-refractivity contribution in [3.8, 4) is 5.75 Å². The van der Waals surface area contributed by atoms with Crippen LogP contribution in [-0.2, 0) is 22.4 Å². The molecular formula is C26H28N2O3. The Morgan fingerprint density at radius 2 is 1.42 bits per heavy atom. The van der Waals surface area contributed by atoms with Crippen LogP contribution in [0.5, 0.6) is 5.75 Å². The maximum Gasteiger partial charge on any atom is 0.243 e. The second kappa shape index (κ2) is 11.0. The summed E-state index contributed by atoms with van der Waals surface area (Å²) in [7, 11) is 1.60. The van der Waals surface area contributed by atoms with E-state index >= 15 is 0 Å². The van der Waals surface area contributed by atoms with Gasteiger partial charge in [-0.25, -0.2) is 0 Å². The van der Waals surface area contributed by atoms with Crippen LogP contribution in [-0.4, -0.2) is 25.0 Å². The van der Waals surface area contributed by atoms with Gasteiger partial charge in [0, 0.05) is 6.42 Å². The van der Waals surface area contributed by atoms with Crippen LogP contribution < -0.4 is 15.4 Å². The lowest BCUT2D eigenvalue weighted by Crippen LogP contribution is -2.49. The van der Waals surface area contributed by atoms with E-state index in [1.165, 1.54) is 0 Å². The number of methoxy groups -OCH3 is 1. The van der Waals surface area contributed by atoms with Crippen LogP contribution in [0.1, 0.15) is 29.7 Å². The van der Waals surface area contributed by atoms with Crippen molar-refractivity contribution < 1.29 is 14.3 Å². The molecule has 0 radical (unpaired) electrons. The van der Waals surface area contributed by atoms with Gasteiger partial charge in [0.15, 0.2) is 0 Å². The maximum absolute atomic E-state index is 13.1. The third-order valence-electron chi connectivity index (χ3n) is 5.12. The second-order valence-corrected chi connectivity index (χ2v) is 7.48. The lowest BCUT2D eigenvalue weighted by atomic mass is 10.0. The average Bonchev–Trinajstić information content (AvgIpc) is 2.80. The van der Waals surface area contributed by atoms with Gasteiger partial charge in [-0.05, 0) is 35.7 Å². The van der Waals surface area contributed by atoms with E-state index in [1.54, 1.807) is 7.11 Å². The van der Waals surface area contributed by atoms with Crippen molar-refractivity contribution in [2.24, 2.45) is 0 Å². The highest BCUT2D eigenvalue weighted by atomic mass is 16.5. The van der Waals surface area contributed by atoms with Gasteiger partial charge in [0.1, 0.15) is 11.8 Å². The molecule has 0 heterocycles. The minimum atomic E-state index is -0.667. The molecule has 3 aromatic carbocycles. The van der Waals surface area contributed by atoms with Crippen LogP contribution in [0.3, 0.4) is 0 Å². The molecule has 0 fully saturated rings. The van der Waals surface area contributed by atoms with Crippen LogP contribution >= 0.6 is 0 Å². The second-order valence-electron chi connectivity index (χ2n) is 7.48. The summed E-state index contributed by atoms with van der Waals surface area (Å²) in [4.78, 5) is 25.8. The normalized spacial score (nSPS) is 12.5. The Labute approximate surface area is 183 Å². The number of hydrogen-bond donors (Lipinski definition) is 2. The monoisotopic (exact) mass is 416 g/mol. The fourth-order valence-corrected chi connectivity index (χ4v) is 3.37. The van der Waals surface area contributed by atoms with Gasteiger partial charge in [0.05, 0.1) is 19.6 Å². The van der Waals surface area contributed by atoms with Crippen molar-refractivity contribution in [1.82, 2.24) is 10.6 Å². The van der Waals surface area contributed by atoms with Crippen molar-refractivity contribution >= 4 is 11.8 Å². The van der Waals surface area contributed by atoms with Gasteiger partial charge in [-0.2, -0.15) is 0 Å². The van der Waals surface area contributed by atoms with Gasteiger partial charge in [-0.15, -0.1) is 0 Å². The number of nitrogens with one attached hydrogen (secondary N) is 2. The molecule has 5 nitrogen and oxygen atoms in total. The first-order valence-electron chi connectivity index (χ1n) is 10.4. The number of carbonyl (C=O) groups excluding carboxylic acids is 2. The predicted octanol–water partition coefficient (Wildman–Crippen LogP) is 3.84. The highest BCUT2D eigenvalue weighted by Crippen LogP contribution is 2.14. The zero-order valence-corrected chi connectivity index (χ0v) is 17.9. The first kappa shape index (κ1) is 22.1. The fourth-order valence-electron chi connectivity index (χ4n) is 3.37. The molecule has 31 heavy (non-hydrogen) atoms. The lowest BCUT2D eigenvalue weighted by Gasteiger charge is -2.22. The smallest absolute Gasteiger partial charge is 0.243 e. The summed E-state index contributed by atoms with van der Waals surface area (Å²) in [6, 6.07) is 26.0. The molecule has 0 saturated heterocycles. The number of ether oxygens (including phenoxy) is 1. The summed E-state index contributed by atoms with van der Waals surface area (Å²) in [5, 5.41) is 5.95. The summed E-state index contributed by atoms with van der Waals surface area (Å²) in [5.41, 5.74) is 2.86. The van der Waals surface area contributed by atoms with E-state index in [0.717, 1.165) is 22.4 Å². The summed E-state index contributed by atoms with van der Waals surface area (Å²) in [5.74, 6) is 0.331. The maximum atomic E-state index is 13.1. The summed E-state index contributed by atoms with van der Waals surface area (Å²) < 4.78 is 5.16. The molecule has 0 saturated carbocycles. The molecule has 0 aliphatic rings. The number of hydrogen-bond acceptors (Lipinski definition) is 3. The molecule has 2 atom stereocenters. The van der Waals surface area contributed by atoms with Gasteiger partial charge in [0.2, 0.25) is 11.8 Å². The minimum Gasteiger partial charge on any atom is -0.497 e. The van der Waals surface area contributed by atoms with Crippen LogP contribution in [0.15, 0.2) is 84.9 Å². The zero-order chi connectivity index (χ0) is 22.1. The van der Waals surface area contributed by atoms with Gasteiger partial charge in [-0.3, -0.25) is 9.59 Å². The van der Waals surface area contributed by atoms with E-state index < -0.39 is 6.04 Å². The largest absolute Gasteiger partial charge is 0.497 e. The van der Waals surface area contributed by atoms with Crippen LogP contribution in [0.25, 0.3) is 0 Å². The summed E-state index contributed by atoms with van der Waals surface area (Å²) in [6.07, 6.45) is 0.610. The lowest BCUT2D eigenvalue weighted by molar-refractivity contribution is -0.129. The van der Waals surface area contributed by atoms with Crippen LogP contribution in [0.4, 0.5) is 0 Å². The summed E-state index contributed by atoms with van der Waals surface area (Å²) in [6.45, 7) is 1.94. The highest BCUT2D eigenvalue weighted by Gasteiger charge is 2.23. The Morgan fingerprint density at radius 3 is 2.03 bits per heavy atom. The van der Waals surface area contributed by atoms with Gasteiger partial charge < -0.3 is 15.4 Å². The van der Waals surface area contributed by atoms with Crippen molar-refractivity contribution in [2.45, 2.75) is 31.8 Å². The zero-order valence-electron chi connectivity index (χ0n) is 17.9. The van der Waals surface area contributed by atoms with E-state index in [0.29, 0.717) is 6.42 Å². The van der Waals surface area contributed by atoms with E-state index in [4.69, 9.17) is 4.74 Å². The van der Waals surface area contributed by atoms with Crippen molar-refractivity contribution in [2.75, 3.05) is 7.11 Å². The average molecular weight is 417 g/mol. The molecule has 0 aliphatic heterocycles. The van der Waals surface area contributed by atoms with Crippen LogP contribution in [0, 0.1) is 0 Å². The van der Waals surface area contributed by atoms with Crippen molar-refractivity contribution in [3.05, 3.63) is 102 Å². The molecule has 2 N–H and O–H groups in total. The SMILES string of the molecule is COc1ccc(CC(=O)N[C@H](Cc2ccccc2)C(=O)N[C@@H](C)c2ccccc2)cc1. The number of rotatable bonds is 9. The van der Waals surface area contributed by atoms with E-state index in [1.807, 2.05) is 91.9 Å². The Bertz CT molecular complexity index is 973. The molecule has 0 unspecified atom stereocenters. The topological polar surface area (TPSA) is 67.4 Å². The molecule has 3 aromatic rings. The molecule has 0 spiro atoms. The molecule has 160 valence electrons. The predicted molar refractivity (Wildman–Crippen MR) is 122 cm³/mol. The fraction of sp³-hybridized carbons (Fsp3) is 0.231. The Kier molecular flexibility index (Phi) is 7.82. The van der Waals surface area contributed by atoms with Crippen molar-refractivity contribution in [3.63, 3.8) is 0 Å². The quantitative estimate of drug-likeness (QED) is 0.557. The molecular weight excluding hydrogens is 388 g/mol. The minimum absolute atomic E-state index is 0.162. The van der Waals surface area contributed by atoms with E-state index in [2.05, 4.69) is 10.6 Å². The van der Waals surface area contributed by atoms with Gasteiger partial charge in [0.25, 0.3) is 0 Å². The highest BCUT2D eigenvalue weighted by molar-refractivity contribution is 5.88.